The zero-order valence-corrected chi connectivity index (χ0v) is 13.3. The van der Waals surface area contributed by atoms with E-state index >= 15 is 0 Å². The van der Waals surface area contributed by atoms with Crippen molar-refractivity contribution in [1.82, 2.24) is 4.90 Å². The van der Waals surface area contributed by atoms with Crippen LogP contribution in [0.1, 0.15) is 44.7 Å². The quantitative estimate of drug-likeness (QED) is 0.868. The summed E-state index contributed by atoms with van der Waals surface area (Å²) in [4.78, 5) is 14.7. The second kappa shape index (κ2) is 6.39. The fourth-order valence-corrected chi connectivity index (χ4v) is 4.22. The summed E-state index contributed by atoms with van der Waals surface area (Å²) in [7, 11) is 0. The van der Waals surface area contributed by atoms with Gasteiger partial charge in [0, 0.05) is 12.1 Å². The summed E-state index contributed by atoms with van der Waals surface area (Å²) in [6.45, 7) is 4.37. The summed E-state index contributed by atoms with van der Waals surface area (Å²) in [6.07, 6.45) is 2.34. The molecule has 0 radical (unpaired) electrons. The SMILES string of the molecule is CCOC(=O)C1[C@@H]2CC[C@@H]([C@@H](O)C2)N1[C@H](C)c1ccccc1. The maximum absolute atomic E-state index is 12.5. The minimum absolute atomic E-state index is 0.0506. The van der Waals surface area contributed by atoms with Gasteiger partial charge in [0.05, 0.1) is 12.7 Å². The van der Waals surface area contributed by atoms with Crippen LogP contribution in [-0.2, 0) is 9.53 Å². The van der Waals surface area contributed by atoms with Gasteiger partial charge >= 0.3 is 5.97 Å². The molecule has 1 aliphatic carbocycles. The van der Waals surface area contributed by atoms with Crippen molar-refractivity contribution in [2.45, 2.75) is 57.3 Å². The lowest BCUT2D eigenvalue weighted by Crippen LogP contribution is -2.64. The molecule has 2 heterocycles. The van der Waals surface area contributed by atoms with Gasteiger partial charge in [-0.3, -0.25) is 9.69 Å². The van der Waals surface area contributed by atoms with E-state index in [1.54, 1.807) is 0 Å². The number of rotatable bonds is 4. The first-order valence-corrected chi connectivity index (χ1v) is 8.30. The first kappa shape index (κ1) is 15.5. The van der Waals surface area contributed by atoms with Gasteiger partial charge in [0.1, 0.15) is 6.04 Å². The molecule has 1 N–H and O–H groups in total. The number of ether oxygens (including phenoxy) is 1. The number of aliphatic hydroxyl groups excluding tert-OH is 1. The second-order valence-corrected chi connectivity index (χ2v) is 6.44. The number of nitrogens with zero attached hydrogens (tertiary/aromatic N) is 1. The van der Waals surface area contributed by atoms with Crippen LogP contribution in [0.2, 0.25) is 0 Å². The summed E-state index contributed by atoms with van der Waals surface area (Å²) in [5.41, 5.74) is 1.18. The molecule has 1 aromatic rings. The molecule has 3 aliphatic rings. The Balaban J connectivity index is 1.91. The molecule has 2 bridgehead atoms. The highest BCUT2D eigenvalue weighted by Gasteiger charge is 2.51. The average molecular weight is 303 g/mol. The Morgan fingerprint density at radius 1 is 1.36 bits per heavy atom. The van der Waals surface area contributed by atoms with Gasteiger partial charge in [-0.1, -0.05) is 30.3 Å². The lowest BCUT2D eigenvalue weighted by molar-refractivity contribution is -0.170. The Bertz CT molecular complexity index is 518. The van der Waals surface area contributed by atoms with E-state index in [0.717, 1.165) is 12.8 Å². The van der Waals surface area contributed by atoms with Gasteiger partial charge in [-0.05, 0) is 44.6 Å². The fraction of sp³-hybridized carbons (Fsp3) is 0.611. The molecule has 3 fully saturated rings. The molecule has 2 aliphatic heterocycles. The maximum atomic E-state index is 12.5. The topological polar surface area (TPSA) is 49.8 Å². The molecule has 0 spiro atoms. The van der Waals surface area contributed by atoms with E-state index in [2.05, 4.69) is 24.0 Å². The number of esters is 1. The molecule has 22 heavy (non-hydrogen) atoms. The van der Waals surface area contributed by atoms with Crippen LogP contribution in [-0.4, -0.2) is 40.8 Å². The van der Waals surface area contributed by atoms with Crippen LogP contribution in [0, 0.1) is 5.92 Å². The average Bonchev–Trinajstić information content (AvgIpc) is 2.54. The molecule has 4 nitrogen and oxygen atoms in total. The Kier molecular flexibility index (Phi) is 4.50. The van der Waals surface area contributed by atoms with Gasteiger partial charge in [-0.15, -0.1) is 0 Å². The zero-order valence-electron chi connectivity index (χ0n) is 13.3. The lowest BCUT2D eigenvalue weighted by Gasteiger charge is -2.54. The first-order chi connectivity index (χ1) is 10.6. The highest BCUT2D eigenvalue weighted by Crippen LogP contribution is 2.44. The van der Waals surface area contributed by atoms with Crippen LogP contribution in [0.3, 0.4) is 0 Å². The van der Waals surface area contributed by atoms with Crippen molar-refractivity contribution in [2.24, 2.45) is 5.92 Å². The Morgan fingerprint density at radius 3 is 2.73 bits per heavy atom. The van der Waals surface area contributed by atoms with Crippen LogP contribution in [0.4, 0.5) is 0 Å². The number of fused-ring (bicyclic) bond motifs is 3. The van der Waals surface area contributed by atoms with Gasteiger partial charge in [0.25, 0.3) is 0 Å². The third-order valence-electron chi connectivity index (χ3n) is 5.23. The van der Waals surface area contributed by atoms with Crippen LogP contribution in [0.25, 0.3) is 0 Å². The molecular formula is C18H25NO3. The molecule has 4 heteroatoms. The first-order valence-electron chi connectivity index (χ1n) is 8.30. The van der Waals surface area contributed by atoms with Gasteiger partial charge in [0.2, 0.25) is 0 Å². The summed E-state index contributed by atoms with van der Waals surface area (Å²) < 4.78 is 5.32. The number of carbonyl (C=O) groups is 1. The number of hydrogen-bond acceptors (Lipinski definition) is 4. The molecule has 0 amide bonds. The highest BCUT2D eigenvalue weighted by atomic mass is 16.5. The van der Waals surface area contributed by atoms with Crippen molar-refractivity contribution in [3.63, 3.8) is 0 Å². The standard InChI is InChI=1S/C18H25NO3/c1-3-22-18(21)17-14-9-10-15(16(20)11-14)19(17)12(2)13-7-5-4-6-8-13/h4-8,12,14-17,20H,3,9-11H2,1-2H3/t12-,14-,15+,16+,17?/m1/s1. The molecule has 0 aromatic heterocycles. The van der Waals surface area contributed by atoms with E-state index in [4.69, 9.17) is 4.74 Å². The normalized spacial score (nSPS) is 32.7. The monoisotopic (exact) mass is 303 g/mol. The molecule has 2 saturated heterocycles. The van der Waals surface area contributed by atoms with E-state index in [1.807, 2.05) is 25.1 Å². The van der Waals surface area contributed by atoms with Crippen molar-refractivity contribution in [3.05, 3.63) is 35.9 Å². The van der Waals surface area contributed by atoms with Crippen molar-refractivity contribution in [3.8, 4) is 0 Å². The largest absolute Gasteiger partial charge is 0.465 e. The van der Waals surface area contributed by atoms with Gasteiger partial charge in [0.15, 0.2) is 0 Å². The third kappa shape index (κ3) is 2.66. The predicted octanol–water partition coefficient (Wildman–Crippen LogP) is 2.52. The Labute approximate surface area is 132 Å². The van der Waals surface area contributed by atoms with Crippen LogP contribution in [0.5, 0.6) is 0 Å². The minimum atomic E-state index is -0.337. The number of benzene rings is 1. The zero-order chi connectivity index (χ0) is 15.7. The molecular weight excluding hydrogens is 278 g/mol. The van der Waals surface area contributed by atoms with Crippen LogP contribution in [0.15, 0.2) is 30.3 Å². The molecule has 4 rings (SSSR count). The second-order valence-electron chi connectivity index (χ2n) is 6.44. The number of carbonyl (C=O) groups excluding carboxylic acids is 1. The third-order valence-corrected chi connectivity index (χ3v) is 5.23. The Morgan fingerprint density at radius 2 is 2.09 bits per heavy atom. The highest BCUT2D eigenvalue weighted by molar-refractivity contribution is 5.76. The molecule has 1 unspecified atom stereocenters. The van der Waals surface area contributed by atoms with E-state index in [1.165, 1.54) is 5.56 Å². The molecule has 120 valence electrons. The van der Waals surface area contributed by atoms with Crippen LogP contribution < -0.4 is 0 Å². The van der Waals surface area contributed by atoms with Crippen molar-refractivity contribution in [1.29, 1.82) is 0 Å². The minimum Gasteiger partial charge on any atom is -0.465 e. The number of hydrogen-bond donors (Lipinski definition) is 1. The van der Waals surface area contributed by atoms with Gasteiger partial charge in [-0.25, -0.2) is 0 Å². The molecule has 1 saturated carbocycles. The Hall–Kier alpha value is -1.39. The van der Waals surface area contributed by atoms with Crippen molar-refractivity contribution < 1.29 is 14.6 Å². The van der Waals surface area contributed by atoms with E-state index in [9.17, 15) is 9.90 Å². The fourth-order valence-electron chi connectivity index (χ4n) is 4.22. The molecule has 1 aromatic carbocycles. The smallest absolute Gasteiger partial charge is 0.323 e. The molecule has 5 atom stereocenters. The number of piperidine rings is 2. The summed E-state index contributed by atoms with van der Waals surface area (Å²) in [5, 5.41) is 10.4. The van der Waals surface area contributed by atoms with Gasteiger partial charge < -0.3 is 9.84 Å². The van der Waals surface area contributed by atoms with E-state index < -0.39 is 0 Å². The summed E-state index contributed by atoms with van der Waals surface area (Å²) in [5.74, 6) is 0.0668. The maximum Gasteiger partial charge on any atom is 0.323 e. The van der Waals surface area contributed by atoms with Crippen molar-refractivity contribution in [2.75, 3.05) is 6.61 Å². The van der Waals surface area contributed by atoms with Gasteiger partial charge in [-0.2, -0.15) is 0 Å². The van der Waals surface area contributed by atoms with E-state index in [-0.39, 0.29) is 36.1 Å². The number of aliphatic hydroxyl groups is 1. The van der Waals surface area contributed by atoms with E-state index in [0.29, 0.717) is 13.0 Å². The van der Waals surface area contributed by atoms with Crippen molar-refractivity contribution >= 4 is 5.97 Å². The van der Waals surface area contributed by atoms with Crippen LogP contribution >= 0.6 is 0 Å². The summed E-state index contributed by atoms with van der Waals surface area (Å²) >= 11 is 0. The summed E-state index contributed by atoms with van der Waals surface area (Å²) in [6, 6.07) is 10.1. The predicted molar refractivity (Wildman–Crippen MR) is 84.3 cm³/mol. The lowest BCUT2D eigenvalue weighted by atomic mass is 9.72.